The number of thioether (sulfide) groups is 1. The van der Waals surface area contributed by atoms with Crippen LogP contribution in [0.5, 0.6) is 5.75 Å². The number of thiazole rings is 1. The number of halogens is 3. The number of rotatable bonds is 7. The van der Waals surface area contributed by atoms with Gasteiger partial charge in [0.05, 0.1) is 17.5 Å². The lowest BCUT2D eigenvalue weighted by atomic mass is 10.1. The molecule has 1 atom stereocenters. The number of carbonyl (C=O) groups excluding carboxylic acids is 1. The van der Waals surface area contributed by atoms with E-state index in [1.54, 1.807) is 12.3 Å². The van der Waals surface area contributed by atoms with E-state index in [2.05, 4.69) is 25.2 Å². The molecule has 0 amide bonds. The molecule has 0 aliphatic rings. The largest absolute Gasteiger partial charge is 0.573 e. The highest BCUT2D eigenvalue weighted by Gasteiger charge is 2.31. The predicted octanol–water partition coefficient (Wildman–Crippen LogP) is 3.29. The lowest BCUT2D eigenvalue weighted by Crippen LogP contribution is -2.17. The quantitative estimate of drug-likeness (QED) is 0.515. The van der Waals surface area contributed by atoms with Gasteiger partial charge >= 0.3 is 6.36 Å². The number of nitriles is 1. The molecule has 8 nitrogen and oxygen atoms in total. The highest BCUT2D eigenvalue weighted by Crippen LogP contribution is 2.27. The van der Waals surface area contributed by atoms with E-state index in [0.717, 1.165) is 29.6 Å². The van der Waals surface area contributed by atoms with Gasteiger partial charge in [-0.1, -0.05) is 11.8 Å². The molecule has 2 heterocycles. The first-order valence-corrected chi connectivity index (χ1v) is 9.75. The van der Waals surface area contributed by atoms with E-state index in [-0.39, 0.29) is 22.4 Å². The number of ketones is 1. The minimum atomic E-state index is -4.79. The van der Waals surface area contributed by atoms with Crippen LogP contribution in [0.15, 0.2) is 34.8 Å². The third kappa shape index (κ3) is 5.30. The maximum Gasteiger partial charge on any atom is 0.573 e. The third-order valence-electron chi connectivity index (χ3n) is 3.43. The second-order valence-corrected chi connectivity index (χ2v) is 7.39. The molecule has 0 spiro atoms. The van der Waals surface area contributed by atoms with Gasteiger partial charge in [0, 0.05) is 11.1 Å². The normalized spacial score (nSPS) is 12.4. The zero-order valence-corrected chi connectivity index (χ0v) is 16.3. The van der Waals surface area contributed by atoms with Crippen molar-refractivity contribution in [1.82, 2.24) is 25.2 Å². The van der Waals surface area contributed by atoms with Crippen LogP contribution in [0.25, 0.3) is 5.69 Å². The second kappa shape index (κ2) is 8.58. The van der Waals surface area contributed by atoms with Crippen molar-refractivity contribution in [3.8, 4) is 17.5 Å². The average Bonchev–Trinajstić information content (AvgIpc) is 3.29. The summed E-state index contributed by atoms with van der Waals surface area (Å²) in [5.41, 5.74) is 1.11. The fourth-order valence-electron chi connectivity index (χ4n) is 2.21. The first-order chi connectivity index (χ1) is 13.8. The summed E-state index contributed by atoms with van der Waals surface area (Å²) in [5.74, 6) is -1.79. The summed E-state index contributed by atoms with van der Waals surface area (Å²) in [6.07, 6.45) is -4.79. The molecule has 0 aliphatic carbocycles. The second-order valence-electron chi connectivity index (χ2n) is 5.56. The number of ether oxygens (including phenoxy) is 1. The summed E-state index contributed by atoms with van der Waals surface area (Å²) in [5, 5.41) is 22.9. The van der Waals surface area contributed by atoms with Crippen molar-refractivity contribution in [2.45, 2.75) is 24.4 Å². The molecule has 13 heteroatoms. The number of nitrogens with zero attached hydrogens (tertiary/aromatic N) is 6. The van der Waals surface area contributed by atoms with Gasteiger partial charge in [0.25, 0.3) is 0 Å². The van der Waals surface area contributed by atoms with Crippen LogP contribution in [0.4, 0.5) is 13.2 Å². The van der Waals surface area contributed by atoms with E-state index in [0.29, 0.717) is 10.7 Å². The Morgan fingerprint density at radius 2 is 2.10 bits per heavy atom. The van der Waals surface area contributed by atoms with E-state index in [1.807, 2.05) is 6.07 Å². The fourth-order valence-corrected chi connectivity index (χ4v) is 3.87. The van der Waals surface area contributed by atoms with Crippen LogP contribution >= 0.6 is 23.1 Å². The Morgan fingerprint density at radius 1 is 1.38 bits per heavy atom. The van der Waals surface area contributed by atoms with E-state index >= 15 is 0 Å². The topological polar surface area (TPSA) is 107 Å². The van der Waals surface area contributed by atoms with Crippen molar-refractivity contribution in [2.24, 2.45) is 0 Å². The van der Waals surface area contributed by atoms with Crippen LogP contribution < -0.4 is 4.74 Å². The van der Waals surface area contributed by atoms with Gasteiger partial charge in [0.15, 0.2) is 11.7 Å². The Morgan fingerprint density at radius 3 is 2.69 bits per heavy atom. The molecule has 0 N–H and O–H groups in total. The number of alkyl halides is 3. The molecule has 1 aromatic carbocycles. The van der Waals surface area contributed by atoms with E-state index in [9.17, 15) is 23.2 Å². The number of Topliss-reactive ketones (excluding diaryl/α,β-unsaturated/α-hetero) is 1. The first-order valence-electron chi connectivity index (χ1n) is 7.88. The van der Waals surface area contributed by atoms with Crippen molar-refractivity contribution < 1.29 is 22.7 Å². The Kier molecular flexibility index (Phi) is 6.14. The lowest BCUT2D eigenvalue weighted by Gasteiger charge is -2.09. The number of aryl methyl sites for hydroxylation is 1. The van der Waals surface area contributed by atoms with Crippen LogP contribution in [0.2, 0.25) is 0 Å². The van der Waals surface area contributed by atoms with Crippen molar-refractivity contribution >= 4 is 28.9 Å². The van der Waals surface area contributed by atoms with Gasteiger partial charge in [-0.2, -0.15) is 9.94 Å². The van der Waals surface area contributed by atoms with E-state index in [4.69, 9.17) is 0 Å². The average molecular weight is 440 g/mol. The molecule has 1 unspecified atom stereocenters. The van der Waals surface area contributed by atoms with Crippen LogP contribution in [0.3, 0.4) is 0 Å². The zero-order chi connectivity index (χ0) is 21.0. The van der Waals surface area contributed by atoms with Crippen molar-refractivity contribution in [2.75, 3.05) is 5.75 Å². The summed E-state index contributed by atoms with van der Waals surface area (Å²) in [7, 11) is 0. The zero-order valence-electron chi connectivity index (χ0n) is 14.6. The summed E-state index contributed by atoms with van der Waals surface area (Å²) < 4.78 is 41.8. The maximum absolute atomic E-state index is 12.4. The molecule has 3 rings (SSSR count). The molecule has 0 radical (unpaired) electrons. The molecular weight excluding hydrogens is 429 g/mol. The fraction of sp³-hybridized carbons (Fsp3) is 0.250. The summed E-state index contributed by atoms with van der Waals surface area (Å²) in [6.45, 7) is 1.77. The highest BCUT2D eigenvalue weighted by atomic mass is 32.2. The number of aromatic nitrogens is 5. The smallest absolute Gasteiger partial charge is 0.406 e. The minimum Gasteiger partial charge on any atom is -0.406 e. The van der Waals surface area contributed by atoms with Crippen LogP contribution in [-0.2, 0) is 4.79 Å². The molecule has 150 valence electrons. The van der Waals surface area contributed by atoms with Gasteiger partial charge in [-0.15, -0.1) is 29.6 Å². The van der Waals surface area contributed by atoms with Gasteiger partial charge in [0.2, 0.25) is 5.16 Å². The molecule has 0 fully saturated rings. The molecule has 0 saturated heterocycles. The number of carbonyl (C=O) groups is 1. The molecule has 2 aromatic heterocycles. The lowest BCUT2D eigenvalue weighted by molar-refractivity contribution is -0.274. The summed E-state index contributed by atoms with van der Waals surface area (Å²) in [4.78, 5) is 16.6. The van der Waals surface area contributed by atoms with Crippen LogP contribution in [0.1, 0.15) is 16.6 Å². The molecule has 29 heavy (non-hydrogen) atoms. The van der Waals surface area contributed by atoms with Gasteiger partial charge in [-0.25, -0.2) is 4.98 Å². The Bertz CT molecular complexity index is 1040. The Balaban J connectivity index is 1.69. The van der Waals surface area contributed by atoms with E-state index in [1.165, 1.54) is 28.2 Å². The predicted molar refractivity (Wildman–Crippen MR) is 96.8 cm³/mol. The standard InChI is InChI=1S/C16H11F3N6O2S2/c1-9-7-28-14(21-9)12(6-20)13(26)8-29-15-22-23-24-25(15)10-2-4-11(5-3-10)27-16(17,18)19/h2-5,7,12H,8H2,1H3. The minimum absolute atomic E-state index is 0.0769. The van der Waals surface area contributed by atoms with Gasteiger partial charge in [-0.3, -0.25) is 4.79 Å². The third-order valence-corrected chi connectivity index (χ3v) is 5.40. The number of tetrazole rings is 1. The SMILES string of the molecule is Cc1csc(C(C#N)C(=O)CSc2nnnn2-c2ccc(OC(F)(F)F)cc2)n1. The molecule has 0 aliphatic heterocycles. The summed E-state index contributed by atoms with van der Waals surface area (Å²) >= 11 is 2.25. The number of hydrogen-bond acceptors (Lipinski definition) is 9. The van der Waals surface area contributed by atoms with Crippen molar-refractivity contribution in [3.63, 3.8) is 0 Å². The van der Waals surface area contributed by atoms with E-state index < -0.39 is 12.3 Å². The van der Waals surface area contributed by atoms with Crippen LogP contribution in [0, 0.1) is 18.3 Å². The number of benzene rings is 1. The monoisotopic (exact) mass is 440 g/mol. The first kappa shape index (κ1) is 20.7. The van der Waals surface area contributed by atoms with Gasteiger partial charge in [0.1, 0.15) is 10.8 Å². The van der Waals surface area contributed by atoms with Crippen molar-refractivity contribution in [3.05, 3.63) is 40.3 Å². The van der Waals surface area contributed by atoms with Crippen molar-refractivity contribution in [1.29, 1.82) is 5.26 Å². The highest BCUT2D eigenvalue weighted by molar-refractivity contribution is 7.99. The maximum atomic E-state index is 12.4. The molecule has 0 bridgehead atoms. The Labute approximate surface area is 170 Å². The summed E-state index contributed by atoms with van der Waals surface area (Å²) in [6, 6.07) is 6.90. The van der Waals surface area contributed by atoms with Gasteiger partial charge in [-0.05, 0) is 41.6 Å². The Hall–Kier alpha value is -2.98. The van der Waals surface area contributed by atoms with Gasteiger partial charge < -0.3 is 4.74 Å². The molecule has 0 saturated carbocycles. The molecule has 3 aromatic rings. The number of hydrogen-bond donors (Lipinski definition) is 0. The molecular formula is C16H11F3N6O2S2. The van der Waals surface area contributed by atoms with Crippen LogP contribution in [-0.4, -0.2) is 43.1 Å².